The van der Waals surface area contributed by atoms with Crippen LogP contribution in [0.3, 0.4) is 0 Å². The fourth-order valence-electron chi connectivity index (χ4n) is 2.49. The van der Waals surface area contributed by atoms with E-state index >= 15 is 0 Å². The van der Waals surface area contributed by atoms with Gasteiger partial charge in [-0.25, -0.2) is 13.1 Å². The summed E-state index contributed by atoms with van der Waals surface area (Å²) in [5.74, 6) is 0. The van der Waals surface area contributed by atoms with Crippen molar-refractivity contribution in [2.45, 2.75) is 23.6 Å². The molecule has 3 rings (SSSR count). The summed E-state index contributed by atoms with van der Waals surface area (Å²) in [4.78, 5) is 0.0416. The van der Waals surface area contributed by atoms with Crippen LogP contribution in [-0.2, 0) is 21.8 Å². The summed E-state index contributed by atoms with van der Waals surface area (Å²) in [6, 6.07) is 12.7. The zero-order valence-electron chi connectivity index (χ0n) is 14.1. The Kier molecular flexibility index (Phi) is 5.06. The number of thiophene rings is 1. The Hall–Kier alpha value is -1.94. The van der Waals surface area contributed by atoms with Crippen LogP contribution >= 0.6 is 11.3 Å². The summed E-state index contributed by atoms with van der Waals surface area (Å²) >= 11 is 1.32. The zero-order valence-corrected chi connectivity index (χ0v) is 15.8. The molecule has 0 spiro atoms. The van der Waals surface area contributed by atoms with Crippen LogP contribution in [0, 0.1) is 0 Å². The topological polar surface area (TPSA) is 66.4 Å². The molecular formula is C18H16F3NO3S2. The molecule has 0 amide bonds. The first-order chi connectivity index (χ1) is 12.5. The maximum absolute atomic E-state index is 12.8. The summed E-state index contributed by atoms with van der Waals surface area (Å²) in [5, 5.41) is 11.6. The van der Waals surface area contributed by atoms with Crippen LogP contribution in [0.25, 0.3) is 10.1 Å². The maximum atomic E-state index is 12.8. The van der Waals surface area contributed by atoms with Gasteiger partial charge in [-0.3, -0.25) is 0 Å². The molecule has 3 aromatic rings. The lowest BCUT2D eigenvalue weighted by atomic mass is 10.1. The Morgan fingerprint density at radius 1 is 1.07 bits per heavy atom. The van der Waals surface area contributed by atoms with Gasteiger partial charge in [-0.2, -0.15) is 13.2 Å². The molecule has 2 N–H and O–H groups in total. The Bertz CT molecular complexity index is 1040. The summed E-state index contributed by atoms with van der Waals surface area (Å²) in [7, 11) is -4.22. The molecule has 2 aromatic carbocycles. The summed E-state index contributed by atoms with van der Waals surface area (Å²) in [5.41, 5.74) is -2.57. The number of alkyl halides is 3. The van der Waals surface area contributed by atoms with Gasteiger partial charge in [0.05, 0.1) is 10.5 Å². The number of halogens is 3. The average molecular weight is 415 g/mol. The lowest BCUT2D eigenvalue weighted by Crippen LogP contribution is -2.38. The number of sulfonamides is 1. The third-order valence-corrected chi connectivity index (χ3v) is 6.80. The number of hydrogen-bond acceptors (Lipinski definition) is 4. The van der Waals surface area contributed by atoms with Crippen LogP contribution in [0.15, 0.2) is 59.5 Å². The van der Waals surface area contributed by atoms with Crippen LogP contribution < -0.4 is 4.72 Å². The molecular weight excluding hydrogens is 399 g/mol. The van der Waals surface area contributed by atoms with E-state index in [1.165, 1.54) is 18.3 Å². The Balaban J connectivity index is 1.82. The van der Waals surface area contributed by atoms with Gasteiger partial charge in [-0.05, 0) is 42.6 Å². The molecule has 0 aliphatic heterocycles. The number of rotatable bonds is 5. The first-order valence-corrected chi connectivity index (χ1v) is 10.2. The van der Waals surface area contributed by atoms with Gasteiger partial charge >= 0.3 is 6.18 Å². The standard InChI is InChI=1S/C18H16F3NO3S2/c1-17(23,16-9-12-5-2-3-8-15(12)26-16)11-22-27(24,25)14-7-4-6-13(10-14)18(19,20)21/h2-10,22-23H,11H2,1H3. The van der Waals surface area contributed by atoms with E-state index in [0.717, 1.165) is 28.3 Å². The van der Waals surface area contributed by atoms with Crippen molar-refractivity contribution in [1.29, 1.82) is 0 Å². The molecule has 4 nitrogen and oxygen atoms in total. The number of aliphatic hydroxyl groups is 1. The number of benzene rings is 2. The molecule has 1 heterocycles. The Morgan fingerprint density at radius 3 is 2.44 bits per heavy atom. The van der Waals surface area contributed by atoms with Gasteiger partial charge in [0.15, 0.2) is 0 Å². The lowest BCUT2D eigenvalue weighted by Gasteiger charge is -2.22. The molecule has 144 valence electrons. The number of hydrogen-bond donors (Lipinski definition) is 2. The van der Waals surface area contributed by atoms with E-state index in [0.29, 0.717) is 10.9 Å². The number of nitrogens with one attached hydrogen (secondary N) is 1. The van der Waals surface area contributed by atoms with Gasteiger partial charge in [-0.1, -0.05) is 24.3 Å². The van der Waals surface area contributed by atoms with Crippen molar-refractivity contribution in [3.8, 4) is 0 Å². The molecule has 27 heavy (non-hydrogen) atoms. The Labute approximate surface area is 158 Å². The summed E-state index contributed by atoms with van der Waals surface area (Å²) in [6.45, 7) is 1.07. The van der Waals surface area contributed by atoms with Crippen molar-refractivity contribution in [3.05, 3.63) is 65.0 Å². The highest BCUT2D eigenvalue weighted by molar-refractivity contribution is 7.89. The van der Waals surface area contributed by atoms with Crippen molar-refractivity contribution < 1.29 is 26.7 Å². The van der Waals surface area contributed by atoms with Crippen molar-refractivity contribution >= 4 is 31.4 Å². The minimum Gasteiger partial charge on any atom is -0.383 e. The Morgan fingerprint density at radius 2 is 1.78 bits per heavy atom. The monoisotopic (exact) mass is 415 g/mol. The van der Waals surface area contributed by atoms with E-state index in [1.807, 2.05) is 24.3 Å². The van der Waals surface area contributed by atoms with Crippen LogP contribution in [0.1, 0.15) is 17.4 Å². The van der Waals surface area contributed by atoms with Gasteiger partial charge < -0.3 is 5.11 Å². The van der Waals surface area contributed by atoms with Crippen molar-refractivity contribution in [2.24, 2.45) is 0 Å². The minimum absolute atomic E-state index is 0.377. The van der Waals surface area contributed by atoms with E-state index < -0.39 is 32.3 Å². The molecule has 0 bridgehead atoms. The van der Waals surface area contributed by atoms with E-state index in [2.05, 4.69) is 4.72 Å². The van der Waals surface area contributed by atoms with Crippen molar-refractivity contribution in [2.75, 3.05) is 6.54 Å². The SMILES string of the molecule is CC(O)(CNS(=O)(=O)c1cccc(C(F)(F)F)c1)c1cc2ccccc2s1. The largest absolute Gasteiger partial charge is 0.416 e. The minimum atomic E-state index is -4.64. The molecule has 0 aliphatic carbocycles. The molecule has 1 unspecified atom stereocenters. The second-order valence-electron chi connectivity index (χ2n) is 6.27. The quantitative estimate of drug-likeness (QED) is 0.659. The molecule has 1 atom stereocenters. The molecule has 0 aliphatic rings. The van der Waals surface area contributed by atoms with Gasteiger partial charge in [0.25, 0.3) is 0 Å². The van der Waals surface area contributed by atoms with Crippen LogP contribution in [0.4, 0.5) is 13.2 Å². The fraction of sp³-hybridized carbons (Fsp3) is 0.222. The van der Waals surface area contributed by atoms with E-state index in [4.69, 9.17) is 0 Å². The van der Waals surface area contributed by atoms with E-state index in [-0.39, 0.29) is 6.54 Å². The highest BCUT2D eigenvalue weighted by atomic mass is 32.2. The van der Waals surface area contributed by atoms with Gasteiger partial charge in [0, 0.05) is 16.1 Å². The van der Waals surface area contributed by atoms with E-state index in [1.54, 1.807) is 6.07 Å². The second kappa shape index (κ2) is 6.90. The average Bonchev–Trinajstić information content (AvgIpc) is 3.05. The number of fused-ring (bicyclic) bond motifs is 1. The molecule has 0 saturated carbocycles. The highest BCUT2D eigenvalue weighted by Gasteiger charge is 2.32. The summed E-state index contributed by atoms with van der Waals surface area (Å²) < 4.78 is 66.3. The first-order valence-electron chi connectivity index (χ1n) is 7.87. The predicted molar refractivity (Wildman–Crippen MR) is 98.0 cm³/mol. The van der Waals surface area contributed by atoms with E-state index in [9.17, 15) is 26.7 Å². The summed E-state index contributed by atoms with van der Waals surface area (Å²) in [6.07, 6.45) is -4.64. The van der Waals surface area contributed by atoms with Crippen molar-refractivity contribution in [3.63, 3.8) is 0 Å². The smallest absolute Gasteiger partial charge is 0.383 e. The van der Waals surface area contributed by atoms with Crippen LogP contribution in [0.2, 0.25) is 0 Å². The van der Waals surface area contributed by atoms with Crippen LogP contribution in [-0.4, -0.2) is 20.1 Å². The predicted octanol–water partition coefficient (Wildman–Crippen LogP) is 4.11. The lowest BCUT2D eigenvalue weighted by molar-refractivity contribution is -0.137. The van der Waals surface area contributed by atoms with Gasteiger partial charge in [-0.15, -0.1) is 11.3 Å². The normalized spacial score (nSPS) is 15.0. The molecule has 1 aromatic heterocycles. The molecule has 0 radical (unpaired) electrons. The highest BCUT2D eigenvalue weighted by Crippen LogP contribution is 2.33. The first kappa shape index (κ1) is 19.8. The molecule has 0 saturated heterocycles. The van der Waals surface area contributed by atoms with Crippen LogP contribution in [0.5, 0.6) is 0 Å². The second-order valence-corrected chi connectivity index (χ2v) is 9.12. The van der Waals surface area contributed by atoms with Crippen molar-refractivity contribution in [1.82, 2.24) is 4.72 Å². The molecule has 0 fully saturated rings. The zero-order chi connectivity index (χ0) is 19.9. The third-order valence-electron chi connectivity index (χ3n) is 4.03. The van der Waals surface area contributed by atoms with Gasteiger partial charge in [0.2, 0.25) is 10.0 Å². The third kappa shape index (κ3) is 4.32. The fourth-order valence-corrected chi connectivity index (χ4v) is 4.78. The van der Waals surface area contributed by atoms with Gasteiger partial charge in [0.1, 0.15) is 5.60 Å². The maximum Gasteiger partial charge on any atom is 0.416 e. The molecule has 9 heteroatoms.